The zero-order valence-electron chi connectivity index (χ0n) is 20.8. The first kappa shape index (κ1) is 27.0. The first-order chi connectivity index (χ1) is 16.3. The summed E-state index contributed by atoms with van der Waals surface area (Å²) in [5, 5.41) is 3.04. The maximum Gasteiger partial charge on any atom is 0.251 e. The van der Waals surface area contributed by atoms with Crippen molar-refractivity contribution in [2.45, 2.75) is 103 Å². The van der Waals surface area contributed by atoms with E-state index in [1.807, 2.05) is 54.6 Å². The Morgan fingerprint density at radius 2 is 1.18 bits per heavy atom. The Morgan fingerprint density at radius 1 is 0.667 bits per heavy atom. The Bertz CT molecular complexity index is 727. The highest BCUT2D eigenvalue weighted by molar-refractivity contribution is 5.94. The molecule has 0 bridgehead atoms. The van der Waals surface area contributed by atoms with Gasteiger partial charge in [-0.1, -0.05) is 121 Å². The van der Waals surface area contributed by atoms with Crippen LogP contribution in [0.25, 0.3) is 0 Å². The summed E-state index contributed by atoms with van der Waals surface area (Å²) >= 11 is 0. The quantitative estimate of drug-likeness (QED) is 0.217. The number of hydrogen-bond acceptors (Lipinski definition) is 2. The van der Waals surface area contributed by atoms with Gasteiger partial charge in [0.1, 0.15) is 12.4 Å². The summed E-state index contributed by atoms with van der Waals surface area (Å²) in [5.41, 5.74) is 1.82. The third kappa shape index (κ3) is 13.1. The second-order valence-corrected chi connectivity index (χ2v) is 9.15. The summed E-state index contributed by atoms with van der Waals surface area (Å²) in [4.78, 5) is 12.3. The summed E-state index contributed by atoms with van der Waals surface area (Å²) in [6.45, 7) is 3.56. The molecule has 0 heterocycles. The summed E-state index contributed by atoms with van der Waals surface area (Å²) in [7, 11) is 0. The van der Waals surface area contributed by atoms with Gasteiger partial charge >= 0.3 is 0 Å². The molecule has 0 aromatic heterocycles. The van der Waals surface area contributed by atoms with Crippen LogP contribution in [0.15, 0.2) is 54.6 Å². The Balaban J connectivity index is 1.42. The molecule has 2 aromatic rings. The average Bonchev–Trinajstić information content (AvgIpc) is 2.86. The van der Waals surface area contributed by atoms with Crippen LogP contribution in [-0.4, -0.2) is 12.5 Å². The predicted molar refractivity (Wildman–Crippen MR) is 140 cm³/mol. The van der Waals surface area contributed by atoms with Crippen LogP contribution in [0.5, 0.6) is 5.75 Å². The maximum atomic E-state index is 12.3. The minimum atomic E-state index is -0.000645. The fourth-order valence-electron chi connectivity index (χ4n) is 4.07. The summed E-state index contributed by atoms with van der Waals surface area (Å²) < 4.78 is 5.79. The number of unbranched alkanes of at least 4 members (excludes halogenated alkanes) is 13. The van der Waals surface area contributed by atoms with Gasteiger partial charge in [0.15, 0.2) is 0 Å². The standard InChI is InChI=1S/C30H45NO2/c1-2-3-4-5-6-7-8-9-10-11-12-13-14-18-25-31-30(32)28-21-23-29(24-22-28)33-26-27-19-16-15-17-20-27/h15-17,19-24H,2-14,18,25-26H2,1H3,(H,31,32). The van der Waals surface area contributed by atoms with Crippen LogP contribution in [0.1, 0.15) is 113 Å². The molecule has 1 N–H and O–H groups in total. The third-order valence-corrected chi connectivity index (χ3v) is 6.18. The smallest absolute Gasteiger partial charge is 0.251 e. The van der Waals surface area contributed by atoms with Crippen LogP contribution in [0.4, 0.5) is 0 Å². The van der Waals surface area contributed by atoms with Crippen molar-refractivity contribution in [2.24, 2.45) is 0 Å². The van der Waals surface area contributed by atoms with E-state index < -0.39 is 0 Å². The van der Waals surface area contributed by atoms with Crippen LogP contribution in [0, 0.1) is 0 Å². The summed E-state index contributed by atoms with van der Waals surface area (Å²) in [6.07, 6.45) is 18.9. The number of amides is 1. The number of nitrogens with one attached hydrogen (secondary N) is 1. The molecule has 0 aliphatic rings. The normalized spacial score (nSPS) is 10.8. The van der Waals surface area contributed by atoms with Crippen molar-refractivity contribution in [3.63, 3.8) is 0 Å². The third-order valence-electron chi connectivity index (χ3n) is 6.18. The molecule has 0 radical (unpaired) electrons. The van der Waals surface area contributed by atoms with Crippen molar-refractivity contribution >= 4 is 5.91 Å². The molecule has 3 heteroatoms. The molecule has 0 unspecified atom stereocenters. The Labute approximate surface area is 202 Å². The van der Waals surface area contributed by atoms with Crippen LogP contribution in [0.2, 0.25) is 0 Å². The van der Waals surface area contributed by atoms with Gasteiger partial charge in [0, 0.05) is 12.1 Å². The number of ether oxygens (including phenoxy) is 1. The van der Waals surface area contributed by atoms with E-state index in [4.69, 9.17) is 4.74 Å². The lowest BCUT2D eigenvalue weighted by molar-refractivity contribution is 0.0953. The second kappa shape index (κ2) is 18.2. The van der Waals surface area contributed by atoms with E-state index in [0.717, 1.165) is 24.3 Å². The molecular formula is C30H45NO2. The Hall–Kier alpha value is -2.29. The second-order valence-electron chi connectivity index (χ2n) is 9.15. The van der Waals surface area contributed by atoms with E-state index in [1.54, 1.807) is 0 Å². The number of carbonyl (C=O) groups is 1. The van der Waals surface area contributed by atoms with E-state index >= 15 is 0 Å². The zero-order chi connectivity index (χ0) is 23.4. The molecule has 0 spiro atoms. The van der Waals surface area contributed by atoms with Gasteiger partial charge in [-0.25, -0.2) is 0 Å². The highest BCUT2D eigenvalue weighted by Crippen LogP contribution is 2.15. The van der Waals surface area contributed by atoms with Gasteiger partial charge in [-0.15, -0.1) is 0 Å². The molecule has 0 saturated carbocycles. The van der Waals surface area contributed by atoms with Crippen molar-refractivity contribution < 1.29 is 9.53 Å². The van der Waals surface area contributed by atoms with Crippen molar-refractivity contribution in [2.75, 3.05) is 6.54 Å². The SMILES string of the molecule is CCCCCCCCCCCCCCCCNC(=O)c1ccc(OCc2ccccc2)cc1. The van der Waals surface area contributed by atoms with E-state index in [2.05, 4.69) is 12.2 Å². The molecule has 182 valence electrons. The molecule has 2 rings (SSSR count). The first-order valence-corrected chi connectivity index (χ1v) is 13.3. The lowest BCUT2D eigenvalue weighted by atomic mass is 10.0. The zero-order valence-corrected chi connectivity index (χ0v) is 20.8. The molecule has 0 aliphatic carbocycles. The monoisotopic (exact) mass is 451 g/mol. The van der Waals surface area contributed by atoms with Crippen molar-refractivity contribution in [1.29, 1.82) is 0 Å². The number of benzene rings is 2. The predicted octanol–water partition coefficient (Wildman–Crippen LogP) is 8.48. The summed E-state index contributed by atoms with van der Waals surface area (Å²) in [6, 6.07) is 17.5. The fourth-order valence-corrected chi connectivity index (χ4v) is 4.07. The molecule has 33 heavy (non-hydrogen) atoms. The fraction of sp³-hybridized carbons (Fsp3) is 0.567. The summed E-state index contributed by atoms with van der Waals surface area (Å²) in [5.74, 6) is 0.779. The highest BCUT2D eigenvalue weighted by Gasteiger charge is 2.05. The molecular weight excluding hydrogens is 406 g/mol. The molecule has 1 amide bonds. The van der Waals surface area contributed by atoms with Crippen molar-refractivity contribution in [3.05, 3.63) is 65.7 Å². The van der Waals surface area contributed by atoms with Crippen LogP contribution in [0.3, 0.4) is 0 Å². The molecule has 3 nitrogen and oxygen atoms in total. The van der Waals surface area contributed by atoms with Gasteiger partial charge in [0.25, 0.3) is 5.91 Å². The first-order valence-electron chi connectivity index (χ1n) is 13.3. The van der Waals surface area contributed by atoms with Gasteiger partial charge in [0.2, 0.25) is 0 Å². The van der Waals surface area contributed by atoms with E-state index in [-0.39, 0.29) is 5.91 Å². The van der Waals surface area contributed by atoms with Crippen molar-refractivity contribution in [3.8, 4) is 5.75 Å². The van der Waals surface area contributed by atoms with Crippen LogP contribution < -0.4 is 10.1 Å². The van der Waals surface area contributed by atoms with E-state index in [1.165, 1.54) is 83.5 Å². The van der Waals surface area contributed by atoms with Crippen LogP contribution in [-0.2, 0) is 6.61 Å². The van der Waals surface area contributed by atoms with E-state index in [9.17, 15) is 4.79 Å². The molecule has 0 aliphatic heterocycles. The van der Waals surface area contributed by atoms with Gasteiger partial charge < -0.3 is 10.1 Å². The van der Waals surface area contributed by atoms with Gasteiger partial charge in [-0.05, 0) is 36.2 Å². The van der Waals surface area contributed by atoms with E-state index in [0.29, 0.717) is 12.2 Å². The minimum absolute atomic E-state index is 0.000645. The largest absolute Gasteiger partial charge is 0.489 e. The van der Waals surface area contributed by atoms with Crippen LogP contribution >= 0.6 is 0 Å². The number of carbonyl (C=O) groups excluding carboxylic acids is 1. The van der Waals surface area contributed by atoms with Gasteiger partial charge in [-0.3, -0.25) is 4.79 Å². The Kier molecular flexibility index (Phi) is 14.8. The highest BCUT2D eigenvalue weighted by atomic mass is 16.5. The topological polar surface area (TPSA) is 38.3 Å². The molecule has 2 aromatic carbocycles. The maximum absolute atomic E-state index is 12.3. The molecule has 0 saturated heterocycles. The average molecular weight is 452 g/mol. The van der Waals surface area contributed by atoms with Gasteiger partial charge in [-0.2, -0.15) is 0 Å². The Morgan fingerprint density at radius 3 is 1.73 bits per heavy atom. The lowest BCUT2D eigenvalue weighted by Crippen LogP contribution is -2.24. The molecule has 0 fully saturated rings. The van der Waals surface area contributed by atoms with Gasteiger partial charge in [0.05, 0.1) is 0 Å². The minimum Gasteiger partial charge on any atom is -0.489 e. The molecule has 0 atom stereocenters. The lowest BCUT2D eigenvalue weighted by Gasteiger charge is -2.08. The number of rotatable bonds is 19. The van der Waals surface area contributed by atoms with Crippen molar-refractivity contribution in [1.82, 2.24) is 5.32 Å². The number of hydrogen-bond donors (Lipinski definition) is 1.